The monoisotopic (exact) mass is 486 g/mol. The molecule has 3 amide bonds. The Balaban J connectivity index is 1.30. The van der Waals surface area contributed by atoms with Gasteiger partial charge in [-0.1, -0.05) is 72.4 Å². The highest BCUT2D eigenvalue weighted by Gasteiger charge is 2.37. The molecule has 0 radical (unpaired) electrons. The van der Waals surface area contributed by atoms with Crippen LogP contribution in [0.3, 0.4) is 0 Å². The summed E-state index contributed by atoms with van der Waals surface area (Å²) in [4.78, 5) is 43.8. The van der Waals surface area contributed by atoms with Gasteiger partial charge in [0.15, 0.2) is 0 Å². The zero-order valence-corrected chi connectivity index (χ0v) is 20.0. The smallest absolute Gasteiger partial charge is 0.294 e. The van der Waals surface area contributed by atoms with Gasteiger partial charge in [0.05, 0.1) is 4.91 Å². The molecule has 5 nitrogen and oxygen atoms in total. The average Bonchev–Trinajstić information content (AvgIpc) is 3.12. The number of imide groups is 1. The van der Waals surface area contributed by atoms with E-state index in [4.69, 9.17) is 0 Å². The van der Waals surface area contributed by atoms with Gasteiger partial charge >= 0.3 is 0 Å². The van der Waals surface area contributed by atoms with E-state index in [0.29, 0.717) is 18.0 Å². The van der Waals surface area contributed by atoms with Crippen molar-refractivity contribution < 1.29 is 14.4 Å². The van der Waals surface area contributed by atoms with E-state index in [-0.39, 0.29) is 12.5 Å². The van der Waals surface area contributed by atoms with E-state index in [9.17, 15) is 14.4 Å². The van der Waals surface area contributed by atoms with E-state index in [1.807, 2.05) is 72.8 Å². The molecule has 2 aliphatic heterocycles. The largest absolute Gasteiger partial charge is 0.336 e. The van der Waals surface area contributed by atoms with E-state index in [0.717, 1.165) is 44.0 Å². The molecule has 3 aromatic carbocycles. The fraction of sp³-hybridized carbons (Fsp3) is 0.148. The van der Waals surface area contributed by atoms with Gasteiger partial charge in [-0.2, -0.15) is 0 Å². The molecule has 0 aromatic heterocycles. The number of benzene rings is 3. The van der Waals surface area contributed by atoms with Gasteiger partial charge in [0.25, 0.3) is 11.1 Å². The Hall–Kier alpha value is -3.29. The molecule has 0 unspecified atom stereocenters. The maximum atomic E-state index is 13.0. The molecule has 1 saturated heterocycles. The lowest BCUT2D eigenvalue weighted by molar-refractivity contribution is -0.136. The van der Waals surface area contributed by atoms with Crippen molar-refractivity contribution in [1.82, 2.24) is 9.80 Å². The van der Waals surface area contributed by atoms with Crippen molar-refractivity contribution in [3.63, 3.8) is 0 Å². The predicted octanol–water partition coefficient (Wildman–Crippen LogP) is 5.46. The molecule has 0 saturated carbocycles. The number of thioether (sulfide) groups is 1. The van der Waals surface area contributed by atoms with Crippen LogP contribution in [0.25, 0.3) is 6.08 Å². The minimum atomic E-state index is -0.416. The standard InChI is InChI=1S/C27H22N2O3S2/c30-25(28-15-14-19-8-4-5-10-21(19)17-28)18-29-26(31)24(34-27(29)32)16-20-9-6-7-13-23(20)33-22-11-2-1-3-12-22/h1-13,16H,14-15,17-18H2/b24-16+. The average molecular weight is 487 g/mol. The van der Waals surface area contributed by atoms with Crippen molar-refractivity contribution in [3.8, 4) is 0 Å². The first-order chi connectivity index (χ1) is 16.6. The molecule has 0 bridgehead atoms. The molecule has 2 aliphatic rings. The van der Waals surface area contributed by atoms with Crippen LogP contribution >= 0.6 is 23.5 Å². The Kier molecular flexibility index (Phi) is 6.56. The van der Waals surface area contributed by atoms with Crippen LogP contribution in [-0.2, 0) is 22.6 Å². The molecule has 2 heterocycles. The normalized spacial score (nSPS) is 16.8. The number of amides is 3. The second-order valence-corrected chi connectivity index (χ2v) is 10.2. The van der Waals surface area contributed by atoms with Crippen molar-refractivity contribution >= 4 is 46.7 Å². The maximum Gasteiger partial charge on any atom is 0.294 e. The lowest BCUT2D eigenvalue weighted by Gasteiger charge is -2.29. The van der Waals surface area contributed by atoms with E-state index >= 15 is 0 Å². The lowest BCUT2D eigenvalue weighted by Crippen LogP contribution is -2.44. The number of fused-ring (bicyclic) bond motifs is 1. The Morgan fingerprint density at radius 2 is 1.62 bits per heavy atom. The Bertz CT molecular complexity index is 1290. The van der Waals surface area contributed by atoms with Gasteiger partial charge < -0.3 is 4.90 Å². The topological polar surface area (TPSA) is 57.7 Å². The summed E-state index contributed by atoms with van der Waals surface area (Å²) in [5, 5.41) is -0.407. The molecule has 0 N–H and O–H groups in total. The summed E-state index contributed by atoms with van der Waals surface area (Å²) in [5.74, 6) is -0.627. The summed E-state index contributed by atoms with van der Waals surface area (Å²) >= 11 is 2.49. The third kappa shape index (κ3) is 4.81. The number of nitrogens with zero attached hydrogens (tertiary/aromatic N) is 2. The molecule has 7 heteroatoms. The number of hydrogen-bond donors (Lipinski definition) is 0. The minimum Gasteiger partial charge on any atom is -0.336 e. The van der Waals surface area contributed by atoms with Gasteiger partial charge in [-0.15, -0.1) is 0 Å². The third-order valence-electron chi connectivity index (χ3n) is 5.83. The van der Waals surface area contributed by atoms with Crippen molar-refractivity contribution in [2.45, 2.75) is 22.8 Å². The van der Waals surface area contributed by atoms with E-state index in [1.54, 1.807) is 22.7 Å². The Morgan fingerprint density at radius 1 is 0.912 bits per heavy atom. The van der Waals surface area contributed by atoms with E-state index in [1.165, 1.54) is 5.56 Å². The van der Waals surface area contributed by atoms with Crippen LogP contribution in [-0.4, -0.2) is 39.9 Å². The number of rotatable bonds is 5. The molecule has 3 aromatic rings. The quantitative estimate of drug-likeness (QED) is 0.448. The van der Waals surface area contributed by atoms with Gasteiger partial charge in [0.2, 0.25) is 5.91 Å². The molecule has 0 spiro atoms. The van der Waals surface area contributed by atoms with E-state index in [2.05, 4.69) is 6.07 Å². The fourth-order valence-electron chi connectivity index (χ4n) is 4.03. The molecular weight excluding hydrogens is 464 g/mol. The number of carbonyl (C=O) groups is 3. The van der Waals surface area contributed by atoms with E-state index < -0.39 is 11.1 Å². The van der Waals surface area contributed by atoms with Crippen LogP contribution < -0.4 is 0 Å². The summed E-state index contributed by atoms with van der Waals surface area (Å²) in [7, 11) is 0. The van der Waals surface area contributed by atoms with Gasteiger partial charge in [-0.3, -0.25) is 19.3 Å². The zero-order chi connectivity index (χ0) is 23.5. The van der Waals surface area contributed by atoms with Crippen LogP contribution in [0.4, 0.5) is 4.79 Å². The number of hydrogen-bond acceptors (Lipinski definition) is 5. The van der Waals surface area contributed by atoms with Crippen molar-refractivity contribution in [2.24, 2.45) is 0 Å². The van der Waals surface area contributed by atoms with Crippen LogP contribution in [0.15, 0.2) is 93.6 Å². The molecule has 34 heavy (non-hydrogen) atoms. The minimum absolute atomic E-state index is 0.210. The van der Waals surface area contributed by atoms with Crippen LogP contribution in [0.1, 0.15) is 16.7 Å². The maximum absolute atomic E-state index is 13.0. The van der Waals surface area contributed by atoms with Crippen LogP contribution in [0.5, 0.6) is 0 Å². The Morgan fingerprint density at radius 3 is 2.44 bits per heavy atom. The first kappa shape index (κ1) is 22.5. The van der Waals surface area contributed by atoms with Crippen LogP contribution in [0.2, 0.25) is 0 Å². The highest BCUT2D eigenvalue weighted by Crippen LogP contribution is 2.36. The summed E-state index contributed by atoms with van der Waals surface area (Å²) in [5.41, 5.74) is 3.22. The van der Waals surface area contributed by atoms with Crippen molar-refractivity contribution in [3.05, 3.63) is 100 Å². The van der Waals surface area contributed by atoms with Gasteiger partial charge in [-0.05, 0) is 59.1 Å². The highest BCUT2D eigenvalue weighted by atomic mass is 32.2. The summed E-state index contributed by atoms with van der Waals surface area (Å²) < 4.78 is 0. The zero-order valence-electron chi connectivity index (χ0n) is 18.3. The molecular formula is C27H22N2O3S2. The molecule has 1 fully saturated rings. The summed E-state index contributed by atoms with van der Waals surface area (Å²) in [6.07, 6.45) is 2.53. The SMILES string of the molecule is O=C(CN1C(=O)S/C(=C/c2ccccc2Sc2ccccc2)C1=O)N1CCc2ccccc2C1. The lowest BCUT2D eigenvalue weighted by atomic mass is 10.00. The third-order valence-corrected chi connectivity index (χ3v) is 7.83. The van der Waals surface area contributed by atoms with Crippen molar-refractivity contribution in [2.75, 3.05) is 13.1 Å². The van der Waals surface area contributed by atoms with Crippen molar-refractivity contribution in [1.29, 1.82) is 0 Å². The molecule has 170 valence electrons. The summed E-state index contributed by atoms with van der Waals surface area (Å²) in [6, 6.07) is 25.8. The Labute approximate surface area is 206 Å². The van der Waals surface area contributed by atoms with Gasteiger partial charge in [0, 0.05) is 22.9 Å². The molecule has 0 aliphatic carbocycles. The van der Waals surface area contributed by atoms with Gasteiger partial charge in [0.1, 0.15) is 6.54 Å². The molecule has 5 rings (SSSR count). The fourth-order valence-corrected chi connectivity index (χ4v) is 5.80. The predicted molar refractivity (Wildman–Crippen MR) is 135 cm³/mol. The number of carbonyl (C=O) groups excluding carboxylic acids is 3. The second kappa shape index (κ2) is 9.91. The summed E-state index contributed by atoms with van der Waals surface area (Å²) in [6.45, 7) is 0.863. The highest BCUT2D eigenvalue weighted by molar-refractivity contribution is 8.18. The van der Waals surface area contributed by atoms with Gasteiger partial charge in [-0.25, -0.2) is 0 Å². The second-order valence-electron chi connectivity index (χ2n) is 8.05. The molecule has 0 atom stereocenters. The first-order valence-electron chi connectivity index (χ1n) is 11.0. The first-order valence-corrected chi connectivity index (χ1v) is 12.6. The van der Waals surface area contributed by atoms with Crippen LogP contribution in [0, 0.1) is 0 Å².